The van der Waals surface area contributed by atoms with Crippen LogP contribution in [0.1, 0.15) is 15.2 Å². The van der Waals surface area contributed by atoms with E-state index in [1.54, 1.807) is 12.1 Å². The Hall–Kier alpha value is -1.99. The number of hydrogen-bond acceptors (Lipinski definition) is 4. The van der Waals surface area contributed by atoms with Crippen LogP contribution in [-0.4, -0.2) is 42.5 Å². The highest BCUT2D eigenvalue weighted by Crippen LogP contribution is 2.25. The van der Waals surface area contributed by atoms with Crippen LogP contribution >= 0.6 is 23.6 Å². The van der Waals surface area contributed by atoms with Crippen molar-refractivity contribution in [3.8, 4) is 0 Å². The van der Waals surface area contributed by atoms with Gasteiger partial charge < -0.3 is 15.1 Å². The summed E-state index contributed by atoms with van der Waals surface area (Å²) in [6, 6.07) is 10.3. The number of rotatable bonds is 4. The number of thiophene rings is 1. The summed E-state index contributed by atoms with van der Waals surface area (Å²) in [5.74, 6) is -0.233. The van der Waals surface area contributed by atoms with E-state index in [4.69, 9.17) is 12.2 Å². The van der Waals surface area contributed by atoms with Crippen molar-refractivity contribution in [3.05, 3.63) is 52.7 Å². The lowest BCUT2D eigenvalue weighted by atomic mass is 10.2. The fourth-order valence-corrected chi connectivity index (χ4v) is 3.73. The first-order valence-corrected chi connectivity index (χ1v) is 8.95. The van der Waals surface area contributed by atoms with Gasteiger partial charge in [0.15, 0.2) is 11.4 Å². The van der Waals surface area contributed by atoms with Crippen LogP contribution < -0.4 is 10.2 Å². The lowest BCUT2D eigenvalue weighted by Crippen LogP contribution is -2.51. The molecule has 1 aromatic carbocycles. The molecule has 0 amide bonds. The number of halogens is 1. The highest BCUT2D eigenvalue weighted by Gasteiger charge is 2.20. The van der Waals surface area contributed by atoms with E-state index in [2.05, 4.69) is 15.1 Å². The molecular formula is C17H18FN3OS2. The van der Waals surface area contributed by atoms with Gasteiger partial charge >= 0.3 is 0 Å². The van der Waals surface area contributed by atoms with Gasteiger partial charge in [-0.1, -0.05) is 12.1 Å². The third-order valence-corrected chi connectivity index (χ3v) is 5.44. The Morgan fingerprint density at radius 1 is 1.17 bits per heavy atom. The zero-order valence-electron chi connectivity index (χ0n) is 13.1. The van der Waals surface area contributed by atoms with E-state index in [-0.39, 0.29) is 5.82 Å². The molecule has 0 bridgehead atoms. The minimum absolute atomic E-state index is 0.233. The van der Waals surface area contributed by atoms with Gasteiger partial charge in [-0.05, 0) is 42.0 Å². The van der Waals surface area contributed by atoms with Crippen molar-refractivity contribution in [2.24, 2.45) is 0 Å². The van der Waals surface area contributed by atoms with E-state index in [0.29, 0.717) is 6.54 Å². The molecule has 1 aromatic heterocycles. The maximum absolute atomic E-state index is 12.9. The second-order valence-electron chi connectivity index (χ2n) is 5.55. The Labute approximate surface area is 149 Å². The molecule has 3 rings (SSSR count). The van der Waals surface area contributed by atoms with Crippen LogP contribution in [-0.2, 0) is 6.54 Å². The minimum Gasteiger partial charge on any atom is -0.360 e. The zero-order chi connectivity index (χ0) is 16.9. The van der Waals surface area contributed by atoms with E-state index in [0.717, 1.165) is 53.0 Å². The van der Waals surface area contributed by atoms with Crippen molar-refractivity contribution in [2.45, 2.75) is 6.54 Å². The molecule has 0 spiro atoms. The van der Waals surface area contributed by atoms with Crippen LogP contribution in [0.2, 0.25) is 0 Å². The summed E-state index contributed by atoms with van der Waals surface area (Å²) in [7, 11) is 0. The monoisotopic (exact) mass is 363 g/mol. The van der Waals surface area contributed by atoms with Gasteiger partial charge in [0.05, 0.1) is 9.88 Å². The molecule has 1 aliphatic heterocycles. The summed E-state index contributed by atoms with van der Waals surface area (Å²) >= 11 is 6.97. The normalized spacial score (nSPS) is 14.5. The van der Waals surface area contributed by atoms with E-state index >= 15 is 0 Å². The maximum Gasteiger partial charge on any atom is 0.169 e. The second kappa shape index (κ2) is 7.72. The molecule has 0 saturated carbocycles. The molecule has 0 unspecified atom stereocenters. The predicted molar refractivity (Wildman–Crippen MR) is 99.3 cm³/mol. The number of nitrogens with one attached hydrogen (secondary N) is 1. The lowest BCUT2D eigenvalue weighted by Gasteiger charge is -2.36. The smallest absolute Gasteiger partial charge is 0.169 e. The number of hydrogen-bond donors (Lipinski definition) is 1. The molecule has 0 aliphatic carbocycles. The van der Waals surface area contributed by atoms with Gasteiger partial charge in [-0.2, -0.15) is 0 Å². The average molecular weight is 363 g/mol. The van der Waals surface area contributed by atoms with Crippen molar-refractivity contribution < 1.29 is 9.18 Å². The van der Waals surface area contributed by atoms with Gasteiger partial charge in [-0.15, -0.1) is 11.3 Å². The van der Waals surface area contributed by atoms with Gasteiger partial charge in [-0.3, -0.25) is 4.79 Å². The maximum atomic E-state index is 12.9. The average Bonchev–Trinajstić information content (AvgIpc) is 3.10. The summed E-state index contributed by atoms with van der Waals surface area (Å²) in [6.45, 7) is 4.01. The molecule has 24 heavy (non-hydrogen) atoms. The minimum atomic E-state index is -0.233. The fourth-order valence-electron chi connectivity index (χ4n) is 2.60. The van der Waals surface area contributed by atoms with Gasteiger partial charge in [0.1, 0.15) is 5.82 Å². The zero-order valence-corrected chi connectivity index (χ0v) is 14.7. The van der Waals surface area contributed by atoms with Gasteiger partial charge in [0, 0.05) is 32.7 Å². The molecule has 1 N–H and O–H groups in total. The number of thiocarbonyl (C=S) groups is 1. The molecule has 2 heterocycles. The number of carbonyl (C=O) groups is 1. The molecule has 2 aromatic rings. The summed E-state index contributed by atoms with van der Waals surface area (Å²) in [4.78, 5) is 16.0. The lowest BCUT2D eigenvalue weighted by molar-refractivity contribution is 0.112. The Balaban J connectivity index is 1.47. The standard InChI is InChI=1S/C17H18FN3OS2/c18-14-3-1-13(2-4-14)11-19-17(23)21-9-7-20(8-10-21)16-6-5-15(12-22)24-16/h1-6,12H,7-11H2,(H,19,23). The van der Waals surface area contributed by atoms with E-state index in [1.165, 1.54) is 23.5 Å². The second-order valence-corrected chi connectivity index (χ2v) is 7.03. The molecule has 0 radical (unpaired) electrons. The molecule has 1 aliphatic rings. The highest BCUT2D eigenvalue weighted by atomic mass is 32.1. The molecule has 1 fully saturated rings. The highest BCUT2D eigenvalue weighted by molar-refractivity contribution is 7.80. The predicted octanol–water partition coefficient (Wildman–Crippen LogP) is 2.90. The fraction of sp³-hybridized carbons (Fsp3) is 0.294. The van der Waals surface area contributed by atoms with E-state index in [9.17, 15) is 9.18 Å². The van der Waals surface area contributed by atoms with Crippen molar-refractivity contribution in [1.82, 2.24) is 10.2 Å². The van der Waals surface area contributed by atoms with Crippen LogP contribution in [0, 0.1) is 5.82 Å². The van der Waals surface area contributed by atoms with Crippen molar-refractivity contribution >= 4 is 40.0 Å². The number of piperazine rings is 1. The van der Waals surface area contributed by atoms with Crippen LogP contribution in [0.25, 0.3) is 0 Å². The van der Waals surface area contributed by atoms with Gasteiger partial charge in [-0.25, -0.2) is 4.39 Å². The molecule has 7 heteroatoms. The Kier molecular flexibility index (Phi) is 5.42. The van der Waals surface area contributed by atoms with Crippen molar-refractivity contribution in [2.75, 3.05) is 31.1 Å². The van der Waals surface area contributed by atoms with E-state index < -0.39 is 0 Å². The summed E-state index contributed by atoms with van der Waals surface area (Å²) in [5.41, 5.74) is 0.998. The van der Waals surface area contributed by atoms with Gasteiger partial charge in [0.2, 0.25) is 0 Å². The first-order chi connectivity index (χ1) is 11.7. The summed E-state index contributed by atoms with van der Waals surface area (Å²) in [5, 5.41) is 5.08. The van der Waals surface area contributed by atoms with Crippen LogP contribution in [0.15, 0.2) is 36.4 Å². The topological polar surface area (TPSA) is 35.6 Å². The third-order valence-electron chi connectivity index (χ3n) is 3.96. The number of carbonyl (C=O) groups excluding carboxylic acids is 1. The number of aldehydes is 1. The van der Waals surface area contributed by atoms with Crippen molar-refractivity contribution in [3.63, 3.8) is 0 Å². The molecule has 1 saturated heterocycles. The molecule has 4 nitrogen and oxygen atoms in total. The quantitative estimate of drug-likeness (QED) is 0.668. The Bertz CT molecular complexity index is 709. The SMILES string of the molecule is O=Cc1ccc(N2CCN(C(=S)NCc3ccc(F)cc3)CC2)s1. The Morgan fingerprint density at radius 2 is 1.88 bits per heavy atom. The van der Waals surface area contributed by atoms with Crippen molar-refractivity contribution in [1.29, 1.82) is 0 Å². The molecule has 0 atom stereocenters. The van der Waals surface area contributed by atoms with Crippen LogP contribution in [0.5, 0.6) is 0 Å². The molecular weight excluding hydrogens is 345 g/mol. The number of anilines is 1. The number of benzene rings is 1. The van der Waals surface area contributed by atoms with Crippen LogP contribution in [0.3, 0.4) is 0 Å². The van der Waals surface area contributed by atoms with E-state index in [1.807, 2.05) is 12.1 Å². The first-order valence-electron chi connectivity index (χ1n) is 7.73. The summed E-state index contributed by atoms with van der Waals surface area (Å²) in [6.07, 6.45) is 0.888. The largest absolute Gasteiger partial charge is 0.360 e. The van der Waals surface area contributed by atoms with Crippen LogP contribution in [0.4, 0.5) is 9.39 Å². The molecule has 126 valence electrons. The summed E-state index contributed by atoms with van der Waals surface area (Å²) < 4.78 is 12.9. The first kappa shape index (κ1) is 16.9. The van der Waals surface area contributed by atoms with Gasteiger partial charge in [0.25, 0.3) is 0 Å². The number of nitrogens with zero attached hydrogens (tertiary/aromatic N) is 2. The third kappa shape index (κ3) is 4.10. The Morgan fingerprint density at radius 3 is 2.50 bits per heavy atom.